The summed E-state index contributed by atoms with van der Waals surface area (Å²) in [5.74, 6) is 0.0624. The molecule has 0 aromatic heterocycles. The predicted octanol–water partition coefficient (Wildman–Crippen LogP) is 9.23. The molecule has 0 heterocycles. The zero-order valence-corrected chi connectivity index (χ0v) is 30.8. The quantitative estimate of drug-likeness (QED) is 0.140. The van der Waals surface area contributed by atoms with E-state index in [9.17, 15) is 18.1 Å². The molecule has 0 unspecified atom stereocenters. The molecule has 0 bridgehead atoms. The normalized spacial score (nSPS) is 12.3. The van der Waals surface area contributed by atoms with Crippen molar-refractivity contribution >= 4 is 44.1 Å². The fourth-order valence-corrected chi connectivity index (χ4v) is 11.1. The van der Waals surface area contributed by atoms with Crippen molar-refractivity contribution in [3.05, 3.63) is 162 Å². The van der Waals surface area contributed by atoms with Crippen molar-refractivity contribution in [2.24, 2.45) is 0 Å². The molecule has 4 nitrogen and oxygen atoms in total. The van der Waals surface area contributed by atoms with Gasteiger partial charge in [0.15, 0.2) is 0 Å². The number of phenols is 1. The number of aromatic hydroxyl groups is 1. The molecule has 6 aromatic rings. The number of benzene rings is 6. The molecule has 6 rings (SSSR count). The lowest BCUT2D eigenvalue weighted by atomic mass is 9.79. The summed E-state index contributed by atoms with van der Waals surface area (Å²) in [7, 11) is -6.43. The summed E-state index contributed by atoms with van der Waals surface area (Å²) in [6.45, 7) is 11.1. The molecule has 6 aromatic carbocycles. The topological polar surface area (TPSA) is 77.4 Å². The smallest absolute Gasteiger partial charge is 0.124 e. The largest absolute Gasteiger partial charge is 0.744 e. The van der Waals surface area contributed by atoms with Crippen LogP contribution in [0.25, 0.3) is 10.8 Å². The highest BCUT2D eigenvalue weighted by Gasteiger charge is 2.45. The Morgan fingerprint density at radius 3 is 1.37 bits per heavy atom. The molecule has 0 radical (unpaired) electrons. The van der Waals surface area contributed by atoms with Gasteiger partial charge in [0.2, 0.25) is 0 Å². The minimum Gasteiger partial charge on any atom is -0.744 e. The maximum absolute atomic E-state index is 11.3. The van der Waals surface area contributed by atoms with Crippen molar-refractivity contribution in [2.45, 2.75) is 63.4 Å². The number of hydrogen-bond acceptors (Lipinski definition) is 4. The highest BCUT2D eigenvalue weighted by atomic mass is 32.2. The highest BCUT2D eigenvalue weighted by molar-refractivity contribution is 7.95. The van der Waals surface area contributed by atoms with Crippen molar-refractivity contribution in [1.29, 1.82) is 0 Å². The van der Waals surface area contributed by atoms with Crippen molar-refractivity contribution in [1.82, 2.24) is 0 Å². The monoisotopic (exact) mass is 688 g/mol. The molecule has 0 fully saturated rings. The second kappa shape index (κ2) is 14.3. The van der Waals surface area contributed by atoms with E-state index >= 15 is 0 Å². The van der Waals surface area contributed by atoms with Gasteiger partial charge in [-0.1, -0.05) is 139 Å². The molecule has 252 valence electrons. The molecule has 6 heteroatoms. The molecule has 0 aliphatic carbocycles. The number of rotatable bonds is 6. The van der Waals surface area contributed by atoms with E-state index in [4.69, 9.17) is 0 Å². The van der Waals surface area contributed by atoms with Crippen LogP contribution in [0.15, 0.2) is 150 Å². The minimum absolute atomic E-state index is 0.0624. The molecule has 0 aliphatic heterocycles. The Labute approximate surface area is 292 Å². The summed E-state index contributed by atoms with van der Waals surface area (Å²) >= 11 is 0. The van der Waals surface area contributed by atoms with Gasteiger partial charge in [-0.2, -0.15) is 0 Å². The third-order valence-corrected chi connectivity index (χ3v) is 14.0. The van der Waals surface area contributed by atoms with Crippen molar-refractivity contribution in [2.75, 3.05) is 0 Å². The SMILES string of the molecule is CC(C)(C)c1cc(S(=O)(=O)[O-])cc(C(C)(C)C)c1O.c1ccc([P+](Cc2cccc3ccccc23)(c2ccccc2)c2ccccc2)cc1. The van der Waals surface area contributed by atoms with Gasteiger partial charge in [0, 0.05) is 11.1 Å². The molecule has 0 amide bonds. The van der Waals surface area contributed by atoms with Gasteiger partial charge >= 0.3 is 0 Å². The van der Waals surface area contributed by atoms with E-state index in [0.29, 0.717) is 11.1 Å². The van der Waals surface area contributed by atoms with Gasteiger partial charge in [-0.05, 0) is 75.7 Å². The van der Waals surface area contributed by atoms with E-state index in [2.05, 4.69) is 133 Å². The van der Waals surface area contributed by atoms with Gasteiger partial charge in [-0.25, -0.2) is 8.42 Å². The molecule has 1 N–H and O–H groups in total. The van der Waals surface area contributed by atoms with Crippen LogP contribution in [0.1, 0.15) is 58.2 Å². The van der Waals surface area contributed by atoms with Gasteiger partial charge in [0.25, 0.3) is 0 Å². The van der Waals surface area contributed by atoms with E-state index in [1.54, 1.807) is 0 Å². The van der Waals surface area contributed by atoms with Crippen LogP contribution in [-0.4, -0.2) is 18.1 Å². The summed E-state index contributed by atoms with van der Waals surface area (Å²) < 4.78 is 33.8. The van der Waals surface area contributed by atoms with Gasteiger partial charge in [0.05, 0.1) is 11.1 Å². The van der Waals surface area contributed by atoms with Crippen LogP contribution in [0.5, 0.6) is 5.75 Å². The van der Waals surface area contributed by atoms with E-state index < -0.39 is 28.2 Å². The predicted molar refractivity (Wildman–Crippen MR) is 206 cm³/mol. The minimum atomic E-state index is -4.55. The Kier molecular flexibility index (Phi) is 10.5. The van der Waals surface area contributed by atoms with Crippen LogP contribution in [0.3, 0.4) is 0 Å². The number of phenolic OH excluding ortho intramolecular Hbond substituents is 1. The van der Waals surface area contributed by atoms with Crippen LogP contribution in [0.2, 0.25) is 0 Å². The fraction of sp³-hybridized carbons (Fsp3) is 0.209. The van der Waals surface area contributed by atoms with Crippen molar-refractivity contribution in [3.63, 3.8) is 0 Å². The molecule has 0 aliphatic rings. The van der Waals surface area contributed by atoms with Crippen LogP contribution in [-0.2, 0) is 27.1 Å². The van der Waals surface area contributed by atoms with Crippen LogP contribution in [0.4, 0.5) is 0 Å². The first kappa shape index (κ1) is 36.0. The average molecular weight is 689 g/mol. The first-order chi connectivity index (χ1) is 23.1. The Balaban J connectivity index is 0.000000214. The average Bonchev–Trinajstić information content (AvgIpc) is 3.07. The standard InChI is InChI=1S/C29H24P.C14H22O4S/c1-4-16-26(17-5-1)30(27-18-6-2-7-19-27,28-20-8-3-9-21-28)23-25-15-12-14-24-13-10-11-22-29(24)25;1-13(2,3)10-7-9(19(16,17)18)8-11(12(10)15)14(4,5)6/h1-22H,23H2;7-8,15H,1-6H3,(H,16,17,18)/q+1;/p-1. The maximum atomic E-state index is 11.3. The van der Waals surface area contributed by atoms with Crippen LogP contribution < -0.4 is 15.9 Å². The van der Waals surface area contributed by atoms with Gasteiger partial charge < -0.3 is 9.66 Å². The summed E-state index contributed by atoms with van der Waals surface area (Å²) in [5.41, 5.74) is 1.44. The highest BCUT2D eigenvalue weighted by Crippen LogP contribution is 2.58. The third-order valence-electron chi connectivity index (χ3n) is 8.87. The van der Waals surface area contributed by atoms with E-state index in [-0.39, 0.29) is 10.6 Å². The van der Waals surface area contributed by atoms with Crippen molar-refractivity contribution < 1.29 is 18.1 Å². The molecule has 0 spiro atoms. The lowest BCUT2D eigenvalue weighted by Crippen LogP contribution is -2.32. The summed E-state index contributed by atoms with van der Waals surface area (Å²) in [6.07, 6.45) is 1.01. The second-order valence-corrected chi connectivity index (χ2v) is 19.3. The Hall–Kier alpha value is -4.28. The molecule has 0 atom stereocenters. The number of hydrogen-bond donors (Lipinski definition) is 1. The summed E-state index contributed by atoms with van der Waals surface area (Å²) in [6, 6.07) is 51.4. The second-order valence-electron chi connectivity index (χ2n) is 14.4. The maximum Gasteiger partial charge on any atom is 0.124 e. The lowest BCUT2D eigenvalue weighted by molar-refractivity contribution is 0.420. The van der Waals surface area contributed by atoms with E-state index in [1.165, 1.54) is 44.4 Å². The zero-order chi connectivity index (χ0) is 35.5. The number of fused-ring (bicyclic) bond motifs is 1. The molecule has 0 saturated carbocycles. The van der Waals surface area contributed by atoms with Gasteiger partial charge in [0.1, 0.15) is 39.0 Å². The van der Waals surface area contributed by atoms with Gasteiger partial charge in [-0.3, -0.25) is 0 Å². The zero-order valence-electron chi connectivity index (χ0n) is 29.1. The van der Waals surface area contributed by atoms with Crippen molar-refractivity contribution in [3.8, 4) is 5.75 Å². The Bertz CT molecular complexity index is 2000. The summed E-state index contributed by atoms with van der Waals surface area (Å²) in [4.78, 5) is -0.292. The summed E-state index contributed by atoms with van der Waals surface area (Å²) in [5, 5.41) is 17.3. The Morgan fingerprint density at radius 1 is 0.571 bits per heavy atom. The van der Waals surface area contributed by atoms with Gasteiger partial charge in [-0.15, -0.1) is 0 Å². The molecule has 49 heavy (non-hydrogen) atoms. The van der Waals surface area contributed by atoms with E-state index in [1.807, 2.05) is 41.5 Å². The third kappa shape index (κ3) is 7.97. The lowest BCUT2D eigenvalue weighted by Gasteiger charge is -2.28. The molecular formula is C43H45O4PS. The van der Waals surface area contributed by atoms with Crippen LogP contribution >= 0.6 is 7.26 Å². The first-order valence-electron chi connectivity index (χ1n) is 16.5. The molecular weight excluding hydrogens is 644 g/mol. The fourth-order valence-electron chi connectivity index (χ4n) is 6.35. The molecule has 0 saturated heterocycles. The Morgan fingerprint density at radius 2 is 0.959 bits per heavy atom. The first-order valence-corrected chi connectivity index (χ1v) is 19.9. The van der Waals surface area contributed by atoms with E-state index in [0.717, 1.165) is 6.16 Å². The van der Waals surface area contributed by atoms with Crippen LogP contribution in [0, 0.1) is 0 Å².